The Morgan fingerprint density at radius 3 is 3.13 bits per heavy atom. The topological polar surface area (TPSA) is 25.4 Å². The summed E-state index contributed by atoms with van der Waals surface area (Å²) in [5.41, 5.74) is 0.285. The number of hydrogen-bond acceptors (Lipinski definition) is 4. The molecular formula is C10H15BrN2OS. The van der Waals surface area contributed by atoms with Gasteiger partial charge in [0.2, 0.25) is 0 Å². The number of anilines is 1. The van der Waals surface area contributed by atoms with E-state index in [1.165, 1.54) is 6.42 Å². The van der Waals surface area contributed by atoms with Crippen molar-refractivity contribution >= 4 is 32.4 Å². The third-order valence-corrected chi connectivity index (χ3v) is 4.40. The summed E-state index contributed by atoms with van der Waals surface area (Å²) in [6.45, 7) is 5.23. The van der Waals surface area contributed by atoms with Crippen LogP contribution in [-0.4, -0.2) is 31.8 Å². The highest BCUT2D eigenvalue weighted by Gasteiger charge is 2.34. The lowest BCUT2D eigenvalue weighted by atomic mass is 9.91. The van der Waals surface area contributed by atoms with Crippen molar-refractivity contribution in [1.82, 2.24) is 4.98 Å². The smallest absolute Gasteiger partial charge is 0.186 e. The van der Waals surface area contributed by atoms with Crippen LogP contribution in [0.15, 0.2) is 9.98 Å². The van der Waals surface area contributed by atoms with Gasteiger partial charge in [0.1, 0.15) is 4.60 Å². The predicted octanol–water partition coefficient (Wildman–Crippen LogP) is 2.77. The van der Waals surface area contributed by atoms with Crippen LogP contribution in [-0.2, 0) is 4.74 Å². The molecule has 1 unspecified atom stereocenters. The summed E-state index contributed by atoms with van der Waals surface area (Å²) in [5, 5.41) is 3.14. The second-order valence-electron chi connectivity index (χ2n) is 4.37. The van der Waals surface area contributed by atoms with Crippen LogP contribution >= 0.6 is 27.3 Å². The van der Waals surface area contributed by atoms with Gasteiger partial charge in [-0.15, -0.1) is 11.3 Å². The lowest BCUT2D eigenvalue weighted by molar-refractivity contribution is 0.106. The lowest BCUT2D eigenvalue weighted by Crippen LogP contribution is -2.28. The van der Waals surface area contributed by atoms with Crippen molar-refractivity contribution in [3.05, 3.63) is 9.98 Å². The fourth-order valence-corrected chi connectivity index (χ4v) is 3.32. The van der Waals surface area contributed by atoms with Gasteiger partial charge in [0.25, 0.3) is 0 Å². The van der Waals surface area contributed by atoms with Gasteiger partial charge in [-0.05, 0) is 22.4 Å². The number of hydrogen-bond donors (Lipinski definition) is 0. The Hall–Kier alpha value is -0.130. The highest BCUT2D eigenvalue weighted by atomic mass is 79.9. The maximum absolute atomic E-state index is 5.27. The van der Waals surface area contributed by atoms with E-state index in [1.54, 1.807) is 18.4 Å². The Kier molecular flexibility index (Phi) is 3.33. The zero-order chi connectivity index (χ0) is 10.9. The van der Waals surface area contributed by atoms with Crippen LogP contribution in [0.25, 0.3) is 0 Å². The standard InChI is InChI=1S/C10H15BrN2OS/c1-10(7-14-2)3-4-13(6-10)9-12-8(11)5-15-9/h5H,3-4,6-7H2,1-2H3. The molecule has 84 valence electrons. The molecule has 0 saturated carbocycles. The summed E-state index contributed by atoms with van der Waals surface area (Å²) in [4.78, 5) is 6.78. The Morgan fingerprint density at radius 1 is 1.73 bits per heavy atom. The number of methoxy groups -OCH3 is 1. The van der Waals surface area contributed by atoms with E-state index in [9.17, 15) is 0 Å². The molecule has 15 heavy (non-hydrogen) atoms. The van der Waals surface area contributed by atoms with Crippen LogP contribution in [0, 0.1) is 5.41 Å². The summed E-state index contributed by atoms with van der Waals surface area (Å²) in [7, 11) is 1.77. The van der Waals surface area contributed by atoms with Gasteiger partial charge in [-0.1, -0.05) is 6.92 Å². The molecule has 1 saturated heterocycles. The number of aromatic nitrogens is 1. The zero-order valence-electron chi connectivity index (χ0n) is 8.99. The summed E-state index contributed by atoms with van der Waals surface area (Å²) in [5.74, 6) is 0. The number of nitrogens with zero attached hydrogens (tertiary/aromatic N) is 2. The molecule has 0 bridgehead atoms. The van der Waals surface area contributed by atoms with Crippen LogP contribution in [0.4, 0.5) is 5.13 Å². The van der Waals surface area contributed by atoms with Crippen LogP contribution < -0.4 is 4.90 Å². The van der Waals surface area contributed by atoms with Crippen molar-refractivity contribution in [3.63, 3.8) is 0 Å². The predicted molar refractivity (Wildman–Crippen MR) is 66.6 cm³/mol. The van der Waals surface area contributed by atoms with E-state index in [1.807, 2.05) is 5.38 Å². The fraction of sp³-hybridized carbons (Fsp3) is 0.700. The minimum atomic E-state index is 0.285. The number of halogens is 1. The van der Waals surface area contributed by atoms with Crippen molar-refractivity contribution in [2.24, 2.45) is 5.41 Å². The summed E-state index contributed by atoms with van der Waals surface area (Å²) < 4.78 is 6.20. The van der Waals surface area contributed by atoms with E-state index in [2.05, 4.69) is 32.7 Å². The van der Waals surface area contributed by atoms with E-state index in [4.69, 9.17) is 4.74 Å². The van der Waals surface area contributed by atoms with Gasteiger partial charge in [0.15, 0.2) is 5.13 Å². The zero-order valence-corrected chi connectivity index (χ0v) is 11.4. The Balaban J connectivity index is 2.03. The van der Waals surface area contributed by atoms with E-state index >= 15 is 0 Å². The molecule has 0 N–H and O–H groups in total. The van der Waals surface area contributed by atoms with Crippen molar-refractivity contribution < 1.29 is 4.74 Å². The molecule has 0 aromatic carbocycles. The SMILES string of the molecule is COCC1(C)CCN(c2nc(Br)cs2)C1. The highest BCUT2D eigenvalue weighted by molar-refractivity contribution is 9.10. The van der Waals surface area contributed by atoms with Gasteiger partial charge in [-0.2, -0.15) is 0 Å². The second-order valence-corrected chi connectivity index (χ2v) is 6.02. The monoisotopic (exact) mass is 290 g/mol. The third kappa shape index (κ3) is 2.52. The van der Waals surface area contributed by atoms with Crippen LogP contribution in [0.2, 0.25) is 0 Å². The van der Waals surface area contributed by atoms with Crippen molar-refractivity contribution in [3.8, 4) is 0 Å². The number of ether oxygens (including phenoxy) is 1. The second kappa shape index (κ2) is 4.39. The highest BCUT2D eigenvalue weighted by Crippen LogP contribution is 2.35. The van der Waals surface area contributed by atoms with E-state index in [0.29, 0.717) is 0 Å². The maximum atomic E-state index is 5.27. The molecule has 1 fully saturated rings. The molecule has 0 aliphatic carbocycles. The molecule has 5 heteroatoms. The quantitative estimate of drug-likeness (QED) is 0.856. The van der Waals surface area contributed by atoms with E-state index in [-0.39, 0.29) is 5.41 Å². The van der Waals surface area contributed by atoms with Gasteiger partial charge in [-0.25, -0.2) is 4.98 Å². The van der Waals surface area contributed by atoms with Crippen molar-refractivity contribution in [1.29, 1.82) is 0 Å². The summed E-state index contributed by atoms with van der Waals surface area (Å²) in [6.07, 6.45) is 1.18. The van der Waals surface area contributed by atoms with Crippen LogP contribution in [0.3, 0.4) is 0 Å². The van der Waals surface area contributed by atoms with E-state index < -0.39 is 0 Å². The average Bonchev–Trinajstić information content (AvgIpc) is 2.73. The lowest BCUT2D eigenvalue weighted by Gasteiger charge is -2.23. The molecule has 0 spiro atoms. The molecule has 1 atom stereocenters. The molecule has 2 heterocycles. The van der Waals surface area contributed by atoms with Gasteiger partial charge in [-0.3, -0.25) is 0 Å². The van der Waals surface area contributed by atoms with Crippen molar-refractivity contribution in [2.45, 2.75) is 13.3 Å². The van der Waals surface area contributed by atoms with Crippen LogP contribution in [0.1, 0.15) is 13.3 Å². The molecule has 1 aromatic rings. The molecular weight excluding hydrogens is 276 g/mol. The first-order chi connectivity index (χ1) is 7.13. The molecule has 2 rings (SSSR count). The maximum Gasteiger partial charge on any atom is 0.186 e. The number of thiazole rings is 1. The minimum Gasteiger partial charge on any atom is -0.384 e. The molecule has 3 nitrogen and oxygen atoms in total. The third-order valence-electron chi connectivity index (χ3n) is 2.79. The minimum absolute atomic E-state index is 0.285. The first kappa shape index (κ1) is 11.4. The van der Waals surface area contributed by atoms with Gasteiger partial charge in [0.05, 0.1) is 6.61 Å². The first-order valence-corrected chi connectivity index (χ1v) is 6.65. The first-order valence-electron chi connectivity index (χ1n) is 4.98. The van der Waals surface area contributed by atoms with E-state index in [0.717, 1.165) is 29.4 Å². The Labute approximate surface area is 103 Å². The van der Waals surface area contributed by atoms with Gasteiger partial charge >= 0.3 is 0 Å². The number of rotatable bonds is 3. The summed E-state index contributed by atoms with van der Waals surface area (Å²) >= 11 is 5.08. The fourth-order valence-electron chi connectivity index (χ4n) is 2.04. The molecule has 1 aliphatic heterocycles. The Morgan fingerprint density at radius 2 is 2.53 bits per heavy atom. The molecule has 0 amide bonds. The molecule has 1 aliphatic rings. The molecule has 0 radical (unpaired) electrons. The Bertz CT molecular complexity index is 344. The van der Waals surface area contributed by atoms with Gasteiger partial charge in [0, 0.05) is 31.0 Å². The molecule has 1 aromatic heterocycles. The summed E-state index contributed by atoms with van der Waals surface area (Å²) in [6, 6.07) is 0. The average molecular weight is 291 g/mol. The normalized spacial score (nSPS) is 26.2. The van der Waals surface area contributed by atoms with Crippen molar-refractivity contribution in [2.75, 3.05) is 31.7 Å². The van der Waals surface area contributed by atoms with Gasteiger partial charge < -0.3 is 9.64 Å². The van der Waals surface area contributed by atoms with Crippen LogP contribution in [0.5, 0.6) is 0 Å². The largest absolute Gasteiger partial charge is 0.384 e.